The van der Waals surface area contributed by atoms with Crippen molar-refractivity contribution in [3.05, 3.63) is 35.4 Å². The van der Waals surface area contributed by atoms with Gasteiger partial charge in [0.05, 0.1) is 0 Å². The van der Waals surface area contributed by atoms with E-state index in [4.69, 9.17) is 0 Å². The molecular weight excluding hydrogens is 254 g/mol. The maximum absolute atomic E-state index is 3.84. The summed E-state index contributed by atoms with van der Waals surface area (Å²) in [5, 5.41) is 3.84. The van der Waals surface area contributed by atoms with E-state index < -0.39 is 0 Å². The number of aryl methyl sites for hydroxylation is 2. The van der Waals surface area contributed by atoms with Crippen LogP contribution in [0, 0.1) is 18.8 Å². The van der Waals surface area contributed by atoms with E-state index in [1.165, 1.54) is 62.6 Å². The Hall–Kier alpha value is -0.820. The van der Waals surface area contributed by atoms with Gasteiger partial charge in [0.2, 0.25) is 0 Å². The molecule has 0 radical (unpaired) electrons. The van der Waals surface area contributed by atoms with Crippen LogP contribution in [0.5, 0.6) is 0 Å². The molecule has 0 amide bonds. The minimum atomic E-state index is 0.721. The molecule has 0 spiro atoms. The highest BCUT2D eigenvalue weighted by Crippen LogP contribution is 2.31. The quantitative estimate of drug-likeness (QED) is 0.733. The third kappa shape index (κ3) is 5.47. The minimum absolute atomic E-state index is 0.721. The molecule has 1 heteroatoms. The summed E-state index contributed by atoms with van der Waals surface area (Å²) in [4.78, 5) is 0. The van der Waals surface area contributed by atoms with E-state index >= 15 is 0 Å². The maximum Gasteiger partial charge on any atom is 0.00984 e. The van der Waals surface area contributed by atoms with Crippen molar-refractivity contribution in [2.75, 3.05) is 6.54 Å². The molecule has 2 rings (SSSR count). The first kappa shape index (κ1) is 16.5. The average molecular weight is 287 g/mol. The van der Waals surface area contributed by atoms with Gasteiger partial charge in [-0.05, 0) is 63.0 Å². The van der Waals surface area contributed by atoms with Gasteiger partial charge in [0.15, 0.2) is 0 Å². The zero-order valence-corrected chi connectivity index (χ0v) is 14.2. The van der Waals surface area contributed by atoms with E-state index in [2.05, 4.69) is 50.4 Å². The second kappa shape index (κ2) is 8.58. The smallest absolute Gasteiger partial charge is 0.00984 e. The fraction of sp³-hybridized carbons (Fsp3) is 0.700. The highest BCUT2D eigenvalue weighted by molar-refractivity contribution is 5.21. The molecule has 21 heavy (non-hydrogen) atoms. The SMILES string of the molecule is CCCNC(CCc1ccc(C)cc1)C1CCC(C)CC1. The van der Waals surface area contributed by atoms with Gasteiger partial charge in [-0.2, -0.15) is 0 Å². The predicted molar refractivity (Wildman–Crippen MR) is 92.7 cm³/mol. The third-order valence-corrected chi connectivity index (χ3v) is 5.15. The second-order valence-electron chi connectivity index (χ2n) is 7.10. The molecule has 1 nitrogen and oxygen atoms in total. The molecule has 0 aliphatic heterocycles. The largest absolute Gasteiger partial charge is 0.314 e. The van der Waals surface area contributed by atoms with Gasteiger partial charge in [-0.1, -0.05) is 56.5 Å². The molecule has 1 saturated carbocycles. The van der Waals surface area contributed by atoms with Crippen LogP contribution in [0.25, 0.3) is 0 Å². The van der Waals surface area contributed by atoms with Crippen LogP contribution in [0.2, 0.25) is 0 Å². The predicted octanol–water partition coefficient (Wildman–Crippen LogP) is 5.12. The molecule has 1 fully saturated rings. The highest BCUT2D eigenvalue weighted by Gasteiger charge is 2.25. The molecule has 0 bridgehead atoms. The highest BCUT2D eigenvalue weighted by atomic mass is 14.9. The van der Waals surface area contributed by atoms with Crippen LogP contribution in [-0.2, 0) is 6.42 Å². The molecule has 118 valence electrons. The summed E-state index contributed by atoms with van der Waals surface area (Å²) in [6, 6.07) is 9.81. The summed E-state index contributed by atoms with van der Waals surface area (Å²) in [7, 11) is 0. The van der Waals surface area contributed by atoms with Crippen LogP contribution < -0.4 is 5.32 Å². The third-order valence-electron chi connectivity index (χ3n) is 5.15. The van der Waals surface area contributed by atoms with Crippen molar-refractivity contribution in [3.63, 3.8) is 0 Å². The number of hydrogen-bond donors (Lipinski definition) is 1. The van der Waals surface area contributed by atoms with Crippen molar-refractivity contribution < 1.29 is 0 Å². The van der Waals surface area contributed by atoms with Gasteiger partial charge in [-0.25, -0.2) is 0 Å². The van der Waals surface area contributed by atoms with E-state index in [1.54, 1.807) is 0 Å². The van der Waals surface area contributed by atoms with Crippen LogP contribution >= 0.6 is 0 Å². The van der Waals surface area contributed by atoms with E-state index in [0.717, 1.165) is 17.9 Å². The normalized spacial score (nSPS) is 24.0. The number of benzene rings is 1. The monoisotopic (exact) mass is 287 g/mol. The summed E-state index contributed by atoms with van der Waals surface area (Å²) >= 11 is 0. The number of rotatable bonds is 7. The van der Waals surface area contributed by atoms with Crippen molar-refractivity contribution in [1.82, 2.24) is 5.32 Å². The van der Waals surface area contributed by atoms with E-state index in [1.807, 2.05) is 0 Å². The maximum atomic E-state index is 3.84. The van der Waals surface area contributed by atoms with Crippen LogP contribution in [-0.4, -0.2) is 12.6 Å². The van der Waals surface area contributed by atoms with Gasteiger partial charge in [-0.15, -0.1) is 0 Å². The lowest BCUT2D eigenvalue weighted by molar-refractivity contribution is 0.222. The van der Waals surface area contributed by atoms with Gasteiger partial charge in [0.25, 0.3) is 0 Å². The first-order valence-electron chi connectivity index (χ1n) is 8.98. The Bertz CT molecular complexity index is 387. The lowest BCUT2D eigenvalue weighted by atomic mass is 9.78. The molecule has 0 aromatic heterocycles. The molecule has 1 atom stereocenters. The topological polar surface area (TPSA) is 12.0 Å². The van der Waals surface area contributed by atoms with Crippen LogP contribution in [0.3, 0.4) is 0 Å². The Morgan fingerprint density at radius 2 is 1.76 bits per heavy atom. The standard InChI is InChI=1S/C20H33N/c1-4-15-21-20(19-12-7-17(3)8-13-19)14-11-18-9-5-16(2)6-10-18/h5-6,9-10,17,19-21H,4,7-8,11-15H2,1-3H3. The van der Waals surface area contributed by atoms with E-state index in [-0.39, 0.29) is 0 Å². The molecule has 1 N–H and O–H groups in total. The number of nitrogens with one attached hydrogen (secondary N) is 1. The van der Waals surface area contributed by atoms with Gasteiger partial charge in [0, 0.05) is 6.04 Å². The molecule has 0 saturated heterocycles. The first-order valence-corrected chi connectivity index (χ1v) is 8.98. The summed E-state index contributed by atoms with van der Waals surface area (Å²) < 4.78 is 0. The van der Waals surface area contributed by atoms with Gasteiger partial charge in [-0.3, -0.25) is 0 Å². The molecule has 1 unspecified atom stereocenters. The number of hydrogen-bond acceptors (Lipinski definition) is 1. The Morgan fingerprint density at radius 1 is 1.10 bits per heavy atom. The van der Waals surface area contributed by atoms with E-state index in [0.29, 0.717) is 0 Å². The molecule has 1 aliphatic rings. The van der Waals surface area contributed by atoms with Gasteiger partial charge < -0.3 is 5.32 Å². The Balaban J connectivity index is 1.87. The zero-order valence-electron chi connectivity index (χ0n) is 14.2. The van der Waals surface area contributed by atoms with Gasteiger partial charge >= 0.3 is 0 Å². The fourth-order valence-electron chi connectivity index (χ4n) is 3.60. The van der Waals surface area contributed by atoms with Crippen molar-refractivity contribution >= 4 is 0 Å². The molecule has 0 heterocycles. The zero-order chi connectivity index (χ0) is 15.1. The first-order chi connectivity index (χ1) is 10.2. The Kier molecular flexibility index (Phi) is 6.76. The molecule has 1 aromatic carbocycles. The van der Waals surface area contributed by atoms with Crippen molar-refractivity contribution in [1.29, 1.82) is 0 Å². The lowest BCUT2D eigenvalue weighted by Crippen LogP contribution is -2.38. The lowest BCUT2D eigenvalue weighted by Gasteiger charge is -2.33. The summed E-state index contributed by atoms with van der Waals surface area (Å²) in [6.45, 7) is 8.02. The van der Waals surface area contributed by atoms with Crippen molar-refractivity contribution in [3.8, 4) is 0 Å². The Morgan fingerprint density at radius 3 is 2.38 bits per heavy atom. The summed E-state index contributed by atoms with van der Waals surface area (Å²) in [5.41, 5.74) is 2.86. The average Bonchev–Trinajstić information content (AvgIpc) is 2.50. The van der Waals surface area contributed by atoms with Crippen molar-refractivity contribution in [2.45, 2.75) is 71.8 Å². The van der Waals surface area contributed by atoms with Crippen molar-refractivity contribution in [2.24, 2.45) is 11.8 Å². The summed E-state index contributed by atoms with van der Waals surface area (Å²) in [5.74, 6) is 1.85. The molecule has 1 aliphatic carbocycles. The minimum Gasteiger partial charge on any atom is -0.314 e. The van der Waals surface area contributed by atoms with Crippen LogP contribution in [0.15, 0.2) is 24.3 Å². The molecule has 1 aromatic rings. The van der Waals surface area contributed by atoms with Crippen LogP contribution in [0.1, 0.15) is 63.5 Å². The van der Waals surface area contributed by atoms with Gasteiger partial charge in [0.1, 0.15) is 0 Å². The van der Waals surface area contributed by atoms with E-state index in [9.17, 15) is 0 Å². The molecular formula is C20H33N. The Labute approximate surface area is 131 Å². The second-order valence-corrected chi connectivity index (χ2v) is 7.10. The van der Waals surface area contributed by atoms with Crippen LogP contribution in [0.4, 0.5) is 0 Å². The fourth-order valence-corrected chi connectivity index (χ4v) is 3.60. The summed E-state index contributed by atoms with van der Waals surface area (Å²) in [6.07, 6.45) is 9.46.